The van der Waals surface area contributed by atoms with E-state index < -0.39 is 17.8 Å². The average molecular weight is 500 g/mol. The van der Waals surface area contributed by atoms with Crippen LogP contribution in [0.5, 0.6) is 11.5 Å². The van der Waals surface area contributed by atoms with Crippen molar-refractivity contribution in [3.63, 3.8) is 0 Å². The lowest BCUT2D eigenvalue weighted by Crippen LogP contribution is -2.32. The van der Waals surface area contributed by atoms with Gasteiger partial charge in [0.2, 0.25) is 0 Å². The maximum atomic E-state index is 12.5. The molecule has 0 aliphatic rings. The number of carbonyl (C=O) groups is 3. The second-order valence-electron chi connectivity index (χ2n) is 6.89. The predicted molar refractivity (Wildman–Crippen MR) is 130 cm³/mol. The van der Waals surface area contributed by atoms with Crippen molar-refractivity contribution in [1.82, 2.24) is 5.43 Å². The molecule has 0 aliphatic carbocycles. The minimum absolute atomic E-state index is 0.193. The van der Waals surface area contributed by atoms with E-state index >= 15 is 0 Å². The molecule has 0 radical (unpaired) electrons. The van der Waals surface area contributed by atoms with E-state index in [2.05, 4.69) is 15.8 Å². The van der Waals surface area contributed by atoms with E-state index in [9.17, 15) is 14.4 Å². The molecule has 0 saturated heterocycles. The van der Waals surface area contributed by atoms with Gasteiger partial charge < -0.3 is 14.8 Å². The maximum absolute atomic E-state index is 12.5. The fourth-order valence-corrected chi connectivity index (χ4v) is 3.13. The maximum Gasteiger partial charge on any atom is 0.343 e. The van der Waals surface area contributed by atoms with Gasteiger partial charge in [0.15, 0.2) is 11.5 Å². The molecule has 174 valence electrons. The summed E-state index contributed by atoms with van der Waals surface area (Å²) in [7, 11) is 1.43. The summed E-state index contributed by atoms with van der Waals surface area (Å²) in [5, 5.41) is 6.69. The van der Waals surface area contributed by atoms with Gasteiger partial charge in [-0.2, -0.15) is 5.10 Å². The Hall–Kier alpha value is -3.88. The number of amides is 2. The number of rotatable bonds is 6. The van der Waals surface area contributed by atoms with Gasteiger partial charge in [-0.3, -0.25) is 9.59 Å². The fourth-order valence-electron chi connectivity index (χ4n) is 2.79. The summed E-state index contributed by atoms with van der Waals surface area (Å²) in [6, 6.07) is 16.2. The van der Waals surface area contributed by atoms with Gasteiger partial charge in [0.1, 0.15) is 0 Å². The number of nitrogens with zero attached hydrogens (tertiary/aromatic N) is 1. The molecule has 0 heterocycles. The SMILES string of the molecule is COc1cc(C=NNC(=O)C(=O)Nc2cc(Cl)ccc2Cl)ccc1OC(=O)c1ccccc1C. The summed E-state index contributed by atoms with van der Waals surface area (Å²) in [5.41, 5.74) is 4.05. The molecule has 2 amide bonds. The molecule has 0 atom stereocenters. The third kappa shape index (κ3) is 6.34. The summed E-state index contributed by atoms with van der Waals surface area (Å²) in [4.78, 5) is 36.5. The molecular weight excluding hydrogens is 481 g/mol. The summed E-state index contributed by atoms with van der Waals surface area (Å²) in [5.74, 6) is -2.00. The number of anilines is 1. The molecule has 3 aromatic carbocycles. The number of benzene rings is 3. The number of hydrogen-bond donors (Lipinski definition) is 2. The van der Waals surface area contributed by atoms with Crippen LogP contribution in [0.4, 0.5) is 5.69 Å². The first-order chi connectivity index (χ1) is 16.3. The highest BCUT2D eigenvalue weighted by Gasteiger charge is 2.16. The van der Waals surface area contributed by atoms with Gasteiger partial charge in [0.05, 0.1) is 29.6 Å². The van der Waals surface area contributed by atoms with Crippen LogP contribution in [-0.2, 0) is 9.59 Å². The van der Waals surface area contributed by atoms with E-state index in [1.54, 1.807) is 30.3 Å². The normalized spacial score (nSPS) is 10.6. The van der Waals surface area contributed by atoms with E-state index in [1.165, 1.54) is 31.5 Å². The Balaban J connectivity index is 1.63. The van der Waals surface area contributed by atoms with Crippen molar-refractivity contribution in [3.8, 4) is 11.5 Å². The molecule has 3 rings (SSSR count). The second-order valence-corrected chi connectivity index (χ2v) is 7.74. The average Bonchev–Trinajstić information content (AvgIpc) is 2.82. The Morgan fingerprint density at radius 3 is 2.44 bits per heavy atom. The number of methoxy groups -OCH3 is 1. The first-order valence-corrected chi connectivity index (χ1v) is 10.6. The van der Waals surface area contributed by atoms with Gasteiger partial charge >= 0.3 is 17.8 Å². The van der Waals surface area contributed by atoms with Crippen molar-refractivity contribution < 1.29 is 23.9 Å². The van der Waals surface area contributed by atoms with Crippen molar-refractivity contribution in [2.75, 3.05) is 12.4 Å². The summed E-state index contributed by atoms with van der Waals surface area (Å²) in [6.07, 6.45) is 1.30. The summed E-state index contributed by atoms with van der Waals surface area (Å²) in [6.45, 7) is 1.81. The van der Waals surface area contributed by atoms with Crippen LogP contribution >= 0.6 is 23.2 Å². The van der Waals surface area contributed by atoms with Gasteiger partial charge in [-0.15, -0.1) is 0 Å². The zero-order valence-corrected chi connectivity index (χ0v) is 19.6. The van der Waals surface area contributed by atoms with Gasteiger partial charge in [0, 0.05) is 5.02 Å². The number of nitrogens with one attached hydrogen (secondary N) is 2. The predicted octanol–water partition coefficient (Wildman–Crippen LogP) is 4.62. The lowest BCUT2D eigenvalue weighted by Gasteiger charge is -2.11. The third-order valence-corrected chi connectivity index (χ3v) is 5.08. The van der Waals surface area contributed by atoms with Gasteiger partial charge in [-0.1, -0.05) is 41.4 Å². The Kier molecular flexibility index (Phi) is 8.24. The quantitative estimate of drug-likeness (QED) is 0.169. The molecule has 0 spiro atoms. The lowest BCUT2D eigenvalue weighted by atomic mass is 10.1. The van der Waals surface area contributed by atoms with Crippen LogP contribution in [0.2, 0.25) is 10.0 Å². The number of ether oxygens (including phenoxy) is 2. The largest absolute Gasteiger partial charge is 0.493 e. The molecular formula is C24H19Cl2N3O5. The highest BCUT2D eigenvalue weighted by Crippen LogP contribution is 2.29. The van der Waals surface area contributed by atoms with Crippen LogP contribution in [0.3, 0.4) is 0 Å². The monoisotopic (exact) mass is 499 g/mol. The molecule has 0 bridgehead atoms. The summed E-state index contributed by atoms with van der Waals surface area (Å²) >= 11 is 11.8. The molecule has 2 N–H and O–H groups in total. The zero-order chi connectivity index (χ0) is 24.7. The summed E-state index contributed by atoms with van der Waals surface area (Å²) < 4.78 is 10.7. The van der Waals surface area contributed by atoms with Crippen LogP contribution < -0.4 is 20.2 Å². The molecule has 10 heteroatoms. The van der Waals surface area contributed by atoms with Gasteiger partial charge in [0.25, 0.3) is 0 Å². The van der Waals surface area contributed by atoms with Crippen LogP contribution in [-0.4, -0.2) is 31.1 Å². The zero-order valence-electron chi connectivity index (χ0n) is 18.1. The number of halogens is 2. The van der Waals surface area contributed by atoms with Crippen LogP contribution in [0.1, 0.15) is 21.5 Å². The van der Waals surface area contributed by atoms with E-state index in [4.69, 9.17) is 32.7 Å². The minimum atomic E-state index is -1.01. The second kappa shape index (κ2) is 11.3. The van der Waals surface area contributed by atoms with E-state index in [0.717, 1.165) is 5.56 Å². The number of esters is 1. The molecule has 0 fully saturated rings. The topological polar surface area (TPSA) is 106 Å². The minimum Gasteiger partial charge on any atom is -0.493 e. The van der Waals surface area contributed by atoms with Gasteiger partial charge in [-0.25, -0.2) is 10.2 Å². The van der Waals surface area contributed by atoms with E-state index in [1.807, 2.05) is 19.1 Å². The molecule has 8 nitrogen and oxygen atoms in total. The fraction of sp³-hybridized carbons (Fsp3) is 0.0833. The number of carbonyl (C=O) groups excluding carboxylic acids is 3. The van der Waals surface area contributed by atoms with Crippen molar-refractivity contribution in [1.29, 1.82) is 0 Å². The Morgan fingerprint density at radius 2 is 1.71 bits per heavy atom. The molecule has 34 heavy (non-hydrogen) atoms. The Morgan fingerprint density at radius 1 is 0.941 bits per heavy atom. The molecule has 3 aromatic rings. The number of aryl methyl sites for hydroxylation is 1. The van der Waals surface area contributed by atoms with Crippen LogP contribution in [0.25, 0.3) is 0 Å². The number of hydrogen-bond acceptors (Lipinski definition) is 6. The van der Waals surface area contributed by atoms with Crippen molar-refractivity contribution in [2.24, 2.45) is 5.10 Å². The van der Waals surface area contributed by atoms with Crippen molar-refractivity contribution >= 4 is 52.9 Å². The molecule has 0 saturated carbocycles. The molecule has 0 aliphatic heterocycles. The smallest absolute Gasteiger partial charge is 0.343 e. The van der Waals surface area contributed by atoms with Crippen molar-refractivity contribution in [3.05, 3.63) is 87.4 Å². The standard InChI is InChI=1S/C24H19Cl2N3O5/c1-14-5-3-4-6-17(14)24(32)34-20-10-7-15(11-21(20)33-2)13-27-29-23(31)22(30)28-19-12-16(25)8-9-18(19)26/h3-13H,1-2H3,(H,28,30)(H,29,31). The lowest BCUT2D eigenvalue weighted by molar-refractivity contribution is -0.136. The third-order valence-electron chi connectivity index (χ3n) is 4.52. The molecule has 0 unspecified atom stereocenters. The van der Waals surface area contributed by atoms with E-state index in [0.29, 0.717) is 16.1 Å². The highest BCUT2D eigenvalue weighted by atomic mass is 35.5. The Labute approximate surface area is 205 Å². The van der Waals surface area contributed by atoms with Gasteiger partial charge in [-0.05, 0) is 60.5 Å². The number of hydrazone groups is 1. The first-order valence-electron chi connectivity index (χ1n) is 9.83. The van der Waals surface area contributed by atoms with Crippen molar-refractivity contribution in [2.45, 2.75) is 6.92 Å². The van der Waals surface area contributed by atoms with E-state index in [-0.39, 0.29) is 22.2 Å². The Bertz CT molecular complexity index is 1280. The first kappa shape index (κ1) is 24.8. The highest BCUT2D eigenvalue weighted by molar-refractivity contribution is 6.42. The van der Waals surface area contributed by atoms with Crippen LogP contribution in [0, 0.1) is 6.92 Å². The molecule has 0 aromatic heterocycles. The van der Waals surface area contributed by atoms with Crippen LogP contribution in [0.15, 0.2) is 65.8 Å².